The van der Waals surface area contributed by atoms with E-state index in [1.165, 1.54) is 0 Å². The fourth-order valence-corrected chi connectivity index (χ4v) is 4.87. The molecule has 6 nitrogen and oxygen atoms in total. The Bertz CT molecular complexity index is 497. The van der Waals surface area contributed by atoms with E-state index in [4.69, 9.17) is 10.00 Å². The quantitative estimate of drug-likeness (QED) is 0.498. The molecule has 0 aromatic rings. The van der Waals surface area contributed by atoms with Crippen LogP contribution in [0.4, 0.5) is 0 Å². The minimum atomic E-state index is -0.286. The average molecular weight is 399 g/mol. The van der Waals surface area contributed by atoms with Gasteiger partial charge in [-0.3, -0.25) is 5.32 Å². The van der Waals surface area contributed by atoms with Crippen molar-refractivity contribution in [2.24, 2.45) is 5.92 Å². The number of nitrogens with one attached hydrogen (secondary N) is 3. The molecule has 0 aromatic heterocycles. The molecule has 4 N–H and O–H groups in total. The van der Waals surface area contributed by atoms with Crippen molar-refractivity contribution in [3.63, 3.8) is 0 Å². The highest BCUT2D eigenvalue weighted by atomic mass is 79.9. The van der Waals surface area contributed by atoms with Crippen molar-refractivity contribution in [2.45, 2.75) is 67.5 Å². The van der Waals surface area contributed by atoms with Gasteiger partial charge in [-0.15, -0.1) is 0 Å². The number of aliphatic hydroxyl groups is 1. The van der Waals surface area contributed by atoms with Crippen molar-refractivity contribution in [3.8, 4) is 6.07 Å². The Morgan fingerprint density at radius 1 is 1.46 bits per heavy atom. The van der Waals surface area contributed by atoms with Gasteiger partial charge in [-0.05, 0) is 32.1 Å². The van der Waals surface area contributed by atoms with Crippen LogP contribution in [0.15, 0.2) is 12.3 Å². The molecular formula is C17H27BrN4O2. The van der Waals surface area contributed by atoms with E-state index in [9.17, 15) is 5.11 Å². The number of nitriles is 1. The van der Waals surface area contributed by atoms with Crippen molar-refractivity contribution in [2.75, 3.05) is 13.1 Å². The van der Waals surface area contributed by atoms with Crippen molar-refractivity contribution >= 4 is 15.9 Å². The summed E-state index contributed by atoms with van der Waals surface area (Å²) in [6.07, 6.45) is 4.38. The second kappa shape index (κ2) is 8.15. The molecule has 5 unspecified atom stereocenters. The van der Waals surface area contributed by atoms with Gasteiger partial charge < -0.3 is 20.5 Å². The number of aliphatic hydroxyl groups excluding tert-OH is 1. The molecule has 2 heterocycles. The van der Waals surface area contributed by atoms with Gasteiger partial charge in [-0.25, -0.2) is 0 Å². The smallest absolute Gasteiger partial charge is 0.144 e. The standard InChI is InChI=1S/C17H27BrN4O2/c1-10(5-6-20-13-3-2-4-14(13)23)22-17-16(18)12-7-11(8-19)24-15(12)9-21-17/h11-17,20-23H,1-7,9H2/t11?,12?,13-,14-,15?,16?,17?/m0/s1. The van der Waals surface area contributed by atoms with Crippen LogP contribution in [0.5, 0.6) is 0 Å². The number of halogens is 1. The molecule has 7 heteroatoms. The Hall–Kier alpha value is -0.650. The van der Waals surface area contributed by atoms with E-state index in [2.05, 4.69) is 44.5 Å². The highest BCUT2D eigenvalue weighted by Gasteiger charge is 2.45. The molecule has 3 aliphatic rings. The lowest BCUT2D eigenvalue weighted by atomic mass is 9.91. The number of fused-ring (bicyclic) bond motifs is 1. The van der Waals surface area contributed by atoms with Gasteiger partial charge >= 0.3 is 0 Å². The van der Waals surface area contributed by atoms with E-state index >= 15 is 0 Å². The van der Waals surface area contributed by atoms with Gasteiger partial charge in [-0.2, -0.15) is 5.26 Å². The third kappa shape index (κ3) is 4.12. The number of alkyl halides is 1. The van der Waals surface area contributed by atoms with Gasteiger partial charge in [0.1, 0.15) is 6.10 Å². The monoisotopic (exact) mass is 398 g/mol. The van der Waals surface area contributed by atoms with E-state index in [0.29, 0.717) is 5.92 Å². The topological polar surface area (TPSA) is 89.3 Å². The van der Waals surface area contributed by atoms with Gasteiger partial charge in [0.2, 0.25) is 0 Å². The number of nitrogens with zero attached hydrogens (tertiary/aromatic N) is 1. The maximum Gasteiger partial charge on any atom is 0.144 e. The van der Waals surface area contributed by atoms with Crippen LogP contribution >= 0.6 is 15.9 Å². The molecule has 24 heavy (non-hydrogen) atoms. The molecule has 134 valence electrons. The zero-order chi connectivity index (χ0) is 17.1. The van der Waals surface area contributed by atoms with Gasteiger partial charge in [-0.1, -0.05) is 22.5 Å². The summed E-state index contributed by atoms with van der Waals surface area (Å²) in [5, 5.41) is 29.2. The zero-order valence-electron chi connectivity index (χ0n) is 13.9. The molecule has 7 atom stereocenters. The molecule has 1 saturated carbocycles. The molecule has 3 fully saturated rings. The van der Waals surface area contributed by atoms with E-state index < -0.39 is 0 Å². The summed E-state index contributed by atoms with van der Waals surface area (Å²) in [7, 11) is 0. The molecule has 0 bridgehead atoms. The minimum absolute atomic E-state index is 0.0943. The van der Waals surface area contributed by atoms with Crippen LogP contribution in [0, 0.1) is 17.2 Å². The second-order valence-electron chi connectivity index (χ2n) is 7.08. The Morgan fingerprint density at radius 2 is 2.29 bits per heavy atom. The minimum Gasteiger partial charge on any atom is -0.392 e. The summed E-state index contributed by atoms with van der Waals surface area (Å²) in [6, 6.07) is 2.45. The van der Waals surface area contributed by atoms with Crippen molar-refractivity contribution in [1.29, 1.82) is 5.26 Å². The Labute approximate surface area is 152 Å². The largest absolute Gasteiger partial charge is 0.392 e. The third-order valence-corrected chi connectivity index (χ3v) is 6.59. The van der Waals surface area contributed by atoms with Crippen LogP contribution in [-0.2, 0) is 4.74 Å². The molecule has 2 aliphatic heterocycles. The first-order valence-electron chi connectivity index (χ1n) is 8.86. The Balaban J connectivity index is 1.41. The molecule has 0 spiro atoms. The van der Waals surface area contributed by atoms with Crippen LogP contribution in [-0.4, -0.2) is 53.5 Å². The molecule has 0 aromatic carbocycles. The number of hydrogen-bond donors (Lipinski definition) is 4. The maximum absolute atomic E-state index is 9.83. The highest BCUT2D eigenvalue weighted by Crippen LogP contribution is 2.36. The predicted molar refractivity (Wildman–Crippen MR) is 95.4 cm³/mol. The van der Waals surface area contributed by atoms with Crippen molar-refractivity contribution in [3.05, 3.63) is 12.3 Å². The van der Waals surface area contributed by atoms with Crippen LogP contribution < -0.4 is 16.0 Å². The lowest BCUT2D eigenvalue weighted by Crippen LogP contribution is -2.58. The first-order valence-corrected chi connectivity index (χ1v) is 9.78. The molecule has 1 aliphatic carbocycles. The number of ether oxygens (including phenoxy) is 1. The van der Waals surface area contributed by atoms with Crippen LogP contribution in [0.1, 0.15) is 32.1 Å². The van der Waals surface area contributed by atoms with Crippen molar-refractivity contribution < 1.29 is 9.84 Å². The van der Waals surface area contributed by atoms with Gasteiger partial charge in [0.05, 0.1) is 29.3 Å². The number of rotatable bonds is 6. The van der Waals surface area contributed by atoms with Crippen molar-refractivity contribution in [1.82, 2.24) is 16.0 Å². The fourth-order valence-electron chi connectivity index (χ4n) is 4.00. The SMILES string of the molecule is C=C(CCN[C@H]1CCC[C@@H]1O)NC1NCC2OC(C#N)CC2C1Br. The summed E-state index contributed by atoms with van der Waals surface area (Å²) in [4.78, 5) is 0.205. The number of piperidine rings is 1. The molecular weight excluding hydrogens is 372 g/mol. The summed E-state index contributed by atoms with van der Waals surface area (Å²) in [5.41, 5.74) is 0.978. The maximum atomic E-state index is 9.83. The Kier molecular flexibility index (Phi) is 6.17. The summed E-state index contributed by atoms with van der Waals surface area (Å²) < 4.78 is 5.73. The zero-order valence-corrected chi connectivity index (χ0v) is 15.5. The van der Waals surface area contributed by atoms with Crippen LogP contribution in [0.2, 0.25) is 0 Å². The Morgan fingerprint density at radius 3 is 3.00 bits per heavy atom. The van der Waals surface area contributed by atoms with Crippen LogP contribution in [0.3, 0.4) is 0 Å². The molecule has 3 rings (SSSR count). The van der Waals surface area contributed by atoms with Gasteiger partial charge in [0.25, 0.3) is 0 Å². The summed E-state index contributed by atoms with van der Waals surface area (Å²) in [6.45, 7) is 5.70. The van der Waals surface area contributed by atoms with Crippen LogP contribution in [0.25, 0.3) is 0 Å². The van der Waals surface area contributed by atoms with E-state index in [1.807, 2.05) is 0 Å². The normalized spacial score (nSPS) is 41.6. The highest BCUT2D eigenvalue weighted by molar-refractivity contribution is 9.09. The molecule has 0 radical (unpaired) electrons. The molecule has 0 amide bonds. The fraction of sp³-hybridized carbons (Fsp3) is 0.824. The lowest BCUT2D eigenvalue weighted by Gasteiger charge is -2.38. The molecule has 2 saturated heterocycles. The first-order chi connectivity index (χ1) is 11.6. The predicted octanol–water partition coefficient (Wildman–Crippen LogP) is 0.973. The third-order valence-electron chi connectivity index (χ3n) is 5.39. The average Bonchev–Trinajstić information content (AvgIpc) is 3.17. The van der Waals surface area contributed by atoms with E-state index in [1.54, 1.807) is 0 Å². The number of hydrogen-bond acceptors (Lipinski definition) is 6. The first kappa shape index (κ1) is 18.2. The summed E-state index contributed by atoms with van der Waals surface area (Å²) >= 11 is 3.77. The van der Waals surface area contributed by atoms with E-state index in [0.717, 1.165) is 50.9 Å². The second-order valence-corrected chi connectivity index (χ2v) is 8.14. The van der Waals surface area contributed by atoms with Gasteiger partial charge in [0, 0.05) is 30.7 Å². The van der Waals surface area contributed by atoms with E-state index in [-0.39, 0.29) is 35.3 Å². The summed E-state index contributed by atoms with van der Waals surface area (Å²) in [5.74, 6) is 0.341. The lowest BCUT2D eigenvalue weighted by molar-refractivity contribution is 0.0427. The van der Waals surface area contributed by atoms with Gasteiger partial charge in [0.15, 0.2) is 0 Å².